The molecule has 0 unspecified atom stereocenters. The summed E-state index contributed by atoms with van der Waals surface area (Å²) < 4.78 is 5.55. The number of amides is 2. The van der Waals surface area contributed by atoms with Gasteiger partial charge in [-0.1, -0.05) is 12.8 Å². The molecule has 1 N–H and O–H groups in total. The number of hydrogen-bond donors (Lipinski definition) is 1. The first-order valence-corrected chi connectivity index (χ1v) is 11.0. The summed E-state index contributed by atoms with van der Waals surface area (Å²) in [7, 11) is 0. The van der Waals surface area contributed by atoms with Crippen molar-refractivity contribution in [3.8, 4) is 0 Å². The monoisotopic (exact) mass is 400 g/mol. The molecule has 1 aromatic heterocycles. The van der Waals surface area contributed by atoms with Crippen LogP contribution in [-0.4, -0.2) is 58.5 Å². The third-order valence-electron chi connectivity index (χ3n) is 6.57. The van der Waals surface area contributed by atoms with E-state index >= 15 is 0 Å². The molecule has 0 spiro atoms. The topological polar surface area (TPSA) is 84.4 Å². The molecule has 0 radical (unpaired) electrons. The van der Waals surface area contributed by atoms with Crippen LogP contribution in [0.15, 0.2) is 0 Å². The van der Waals surface area contributed by atoms with Gasteiger partial charge in [-0.15, -0.1) is 0 Å². The number of likely N-dealkylation sites (tertiary alicyclic amines) is 1. The lowest BCUT2D eigenvalue weighted by atomic mass is 10.0. The van der Waals surface area contributed by atoms with Crippen LogP contribution in [-0.2, 0) is 20.7 Å². The molecule has 2 aliphatic heterocycles. The predicted octanol–water partition coefficient (Wildman–Crippen LogP) is 2.19. The van der Waals surface area contributed by atoms with E-state index < -0.39 is 0 Å². The molecule has 3 fully saturated rings. The molecule has 7 nitrogen and oxygen atoms in total. The van der Waals surface area contributed by atoms with Crippen LogP contribution in [0.2, 0.25) is 0 Å². The molecular formula is C22H32N4O3. The van der Waals surface area contributed by atoms with Crippen molar-refractivity contribution in [3.05, 3.63) is 22.8 Å². The highest BCUT2D eigenvalue weighted by Crippen LogP contribution is 2.28. The van der Waals surface area contributed by atoms with Crippen LogP contribution in [0, 0.1) is 13.8 Å². The van der Waals surface area contributed by atoms with Gasteiger partial charge in [-0.25, -0.2) is 9.97 Å². The van der Waals surface area contributed by atoms with Gasteiger partial charge in [0, 0.05) is 48.6 Å². The van der Waals surface area contributed by atoms with Crippen LogP contribution in [0.25, 0.3) is 0 Å². The van der Waals surface area contributed by atoms with E-state index in [4.69, 9.17) is 14.7 Å². The van der Waals surface area contributed by atoms with Gasteiger partial charge in [0.15, 0.2) is 0 Å². The number of ether oxygens (including phenoxy) is 1. The Labute approximate surface area is 172 Å². The van der Waals surface area contributed by atoms with Gasteiger partial charge >= 0.3 is 0 Å². The minimum absolute atomic E-state index is 0.0636. The average Bonchev–Trinajstić information content (AvgIpc) is 3.46. The Morgan fingerprint density at radius 2 is 1.79 bits per heavy atom. The Hall–Kier alpha value is -2.02. The minimum Gasteiger partial charge on any atom is -0.368 e. The van der Waals surface area contributed by atoms with Crippen LogP contribution in [0.3, 0.4) is 0 Å². The second-order valence-electron chi connectivity index (χ2n) is 8.73. The van der Waals surface area contributed by atoms with Crippen molar-refractivity contribution in [3.63, 3.8) is 0 Å². The van der Waals surface area contributed by atoms with Crippen molar-refractivity contribution in [2.75, 3.05) is 19.7 Å². The Balaban J connectivity index is 1.39. The van der Waals surface area contributed by atoms with E-state index in [9.17, 15) is 9.59 Å². The highest BCUT2D eigenvalue weighted by atomic mass is 16.5. The van der Waals surface area contributed by atoms with Gasteiger partial charge in [0.25, 0.3) is 5.91 Å². The van der Waals surface area contributed by atoms with Crippen LogP contribution < -0.4 is 5.32 Å². The van der Waals surface area contributed by atoms with Gasteiger partial charge in [-0.3, -0.25) is 9.59 Å². The Morgan fingerprint density at radius 1 is 1.07 bits per heavy atom. The molecule has 2 atom stereocenters. The lowest BCUT2D eigenvalue weighted by Crippen LogP contribution is -2.37. The largest absolute Gasteiger partial charge is 0.368 e. The quantitative estimate of drug-likeness (QED) is 0.819. The van der Waals surface area contributed by atoms with Crippen molar-refractivity contribution in [2.45, 2.75) is 83.3 Å². The van der Waals surface area contributed by atoms with Crippen LogP contribution in [0.4, 0.5) is 0 Å². The van der Waals surface area contributed by atoms with Gasteiger partial charge in [0.05, 0.1) is 6.42 Å². The second-order valence-corrected chi connectivity index (χ2v) is 8.73. The predicted molar refractivity (Wildman–Crippen MR) is 109 cm³/mol. The van der Waals surface area contributed by atoms with E-state index in [0.717, 1.165) is 61.4 Å². The van der Waals surface area contributed by atoms with Gasteiger partial charge in [0.1, 0.15) is 11.9 Å². The van der Waals surface area contributed by atoms with E-state index in [1.807, 2.05) is 18.7 Å². The maximum Gasteiger partial charge on any atom is 0.251 e. The second kappa shape index (κ2) is 8.78. The van der Waals surface area contributed by atoms with Crippen molar-refractivity contribution >= 4 is 11.8 Å². The summed E-state index contributed by atoms with van der Waals surface area (Å²) in [6.07, 6.45) is 7.31. The van der Waals surface area contributed by atoms with Crippen molar-refractivity contribution in [1.82, 2.24) is 20.2 Å². The van der Waals surface area contributed by atoms with Gasteiger partial charge in [-0.05, 0) is 46.0 Å². The summed E-state index contributed by atoms with van der Waals surface area (Å²) in [5.74, 6) is 1.12. The van der Waals surface area contributed by atoms with E-state index in [2.05, 4.69) is 5.32 Å². The standard InChI is InChI=1S/C22H32N4O3/c1-14-18(12-20(27)25-17-6-3-4-7-17)15(2)24-21(23-14)16-9-10-26(13-16)22(28)19-8-5-11-29-19/h16-17,19H,3-13H2,1-2H3,(H,25,27)/t16-,19-/m1/s1. The molecule has 1 aromatic rings. The van der Waals surface area contributed by atoms with Crippen LogP contribution in [0.5, 0.6) is 0 Å². The minimum atomic E-state index is -0.265. The van der Waals surface area contributed by atoms with Crippen LogP contribution in [0.1, 0.15) is 73.6 Å². The summed E-state index contributed by atoms with van der Waals surface area (Å²) in [5, 5.41) is 3.15. The first-order chi connectivity index (χ1) is 14.0. The van der Waals surface area contributed by atoms with Gasteiger partial charge < -0.3 is 15.0 Å². The molecule has 2 saturated heterocycles. The molecule has 158 valence electrons. The summed E-state index contributed by atoms with van der Waals surface area (Å²) in [5.41, 5.74) is 2.67. The number of carbonyl (C=O) groups is 2. The number of nitrogens with zero attached hydrogens (tertiary/aromatic N) is 3. The number of aromatic nitrogens is 2. The molecule has 4 rings (SSSR count). The third-order valence-corrected chi connectivity index (χ3v) is 6.57. The fourth-order valence-electron chi connectivity index (χ4n) is 4.86. The number of nitrogens with one attached hydrogen (secondary N) is 1. The molecule has 3 heterocycles. The maximum absolute atomic E-state index is 12.6. The first-order valence-electron chi connectivity index (χ1n) is 11.0. The summed E-state index contributed by atoms with van der Waals surface area (Å²) >= 11 is 0. The highest BCUT2D eigenvalue weighted by molar-refractivity contribution is 5.81. The van der Waals surface area contributed by atoms with Gasteiger partial charge in [-0.2, -0.15) is 0 Å². The normalized spacial score (nSPS) is 25.0. The fraction of sp³-hybridized carbons (Fsp3) is 0.727. The summed E-state index contributed by atoms with van der Waals surface area (Å²) in [6.45, 7) is 5.99. The molecule has 0 aromatic carbocycles. The SMILES string of the molecule is Cc1nc([C@@H]2CCN(C(=O)[C@H]3CCCO3)C2)nc(C)c1CC(=O)NC1CCCC1. The first kappa shape index (κ1) is 20.3. The zero-order valence-electron chi connectivity index (χ0n) is 17.6. The van der Waals surface area contributed by atoms with Crippen molar-refractivity contribution in [2.24, 2.45) is 0 Å². The molecule has 2 amide bonds. The molecular weight excluding hydrogens is 368 g/mol. The average molecular weight is 401 g/mol. The number of aryl methyl sites for hydroxylation is 2. The van der Waals surface area contributed by atoms with E-state index in [-0.39, 0.29) is 23.8 Å². The molecule has 0 bridgehead atoms. The molecule has 1 saturated carbocycles. The number of hydrogen-bond acceptors (Lipinski definition) is 5. The van der Waals surface area contributed by atoms with E-state index in [0.29, 0.717) is 25.6 Å². The van der Waals surface area contributed by atoms with Crippen LogP contribution >= 0.6 is 0 Å². The molecule has 7 heteroatoms. The van der Waals surface area contributed by atoms with Gasteiger partial charge in [0.2, 0.25) is 5.91 Å². The molecule has 3 aliphatic rings. The maximum atomic E-state index is 12.6. The fourth-order valence-corrected chi connectivity index (χ4v) is 4.86. The lowest BCUT2D eigenvalue weighted by Gasteiger charge is -2.20. The molecule has 1 aliphatic carbocycles. The Bertz CT molecular complexity index is 746. The Morgan fingerprint density at radius 3 is 2.45 bits per heavy atom. The lowest BCUT2D eigenvalue weighted by molar-refractivity contribution is -0.139. The third kappa shape index (κ3) is 4.60. The Kier molecular flexibility index (Phi) is 6.13. The summed E-state index contributed by atoms with van der Waals surface area (Å²) in [6, 6.07) is 0.328. The smallest absolute Gasteiger partial charge is 0.251 e. The zero-order chi connectivity index (χ0) is 20.4. The van der Waals surface area contributed by atoms with E-state index in [1.165, 1.54) is 12.8 Å². The van der Waals surface area contributed by atoms with E-state index in [1.54, 1.807) is 0 Å². The van der Waals surface area contributed by atoms with Crippen molar-refractivity contribution < 1.29 is 14.3 Å². The highest BCUT2D eigenvalue weighted by Gasteiger charge is 2.35. The molecule has 29 heavy (non-hydrogen) atoms. The van der Waals surface area contributed by atoms with Crippen molar-refractivity contribution in [1.29, 1.82) is 0 Å². The summed E-state index contributed by atoms with van der Waals surface area (Å²) in [4.78, 5) is 36.4. The number of rotatable bonds is 5. The zero-order valence-corrected chi connectivity index (χ0v) is 17.6. The number of carbonyl (C=O) groups excluding carboxylic acids is 2.